The molecule has 0 aromatic carbocycles. The summed E-state index contributed by atoms with van der Waals surface area (Å²) in [4.78, 5) is 38.3. The Morgan fingerprint density at radius 2 is 0.486 bits per heavy atom. The topological polar surface area (TPSA) is 78.9 Å². The highest BCUT2D eigenvalue weighted by molar-refractivity contribution is 5.71. The smallest absolute Gasteiger partial charge is 0.306 e. The van der Waals surface area contributed by atoms with E-state index in [9.17, 15) is 14.4 Å². The van der Waals surface area contributed by atoms with E-state index in [2.05, 4.69) is 45.1 Å². The molecule has 0 radical (unpaired) electrons. The van der Waals surface area contributed by atoms with Crippen LogP contribution in [0, 0.1) is 0 Å². The van der Waals surface area contributed by atoms with Crippen LogP contribution in [0.15, 0.2) is 24.3 Å². The SMILES string of the molecule is CCCCCCC/C=C\C/C=C\CCCCCCCCCCCCCCCC(=O)OCC(COC(=O)CCCCCCCCCCCCC)OC(=O)CCCCCCCCCCCCCCCCCCCCCC. The number of unbranched alkanes of at least 4 members (excludes halogenated alkanes) is 47. The minimum Gasteiger partial charge on any atom is -0.462 e. The lowest BCUT2D eigenvalue weighted by atomic mass is 10.0. The molecule has 0 N–H and O–H groups in total. The predicted octanol–water partition coefficient (Wildman–Crippen LogP) is 22.6. The van der Waals surface area contributed by atoms with Crippen LogP contribution < -0.4 is 0 Å². The highest BCUT2D eigenvalue weighted by Crippen LogP contribution is 2.18. The van der Waals surface area contributed by atoms with Crippen LogP contribution >= 0.6 is 0 Å². The van der Waals surface area contributed by atoms with Gasteiger partial charge in [0.05, 0.1) is 0 Å². The van der Waals surface area contributed by atoms with Crippen molar-refractivity contribution in [2.75, 3.05) is 13.2 Å². The van der Waals surface area contributed by atoms with E-state index in [-0.39, 0.29) is 31.1 Å². The van der Waals surface area contributed by atoms with Crippen LogP contribution in [-0.2, 0) is 28.6 Å². The van der Waals surface area contributed by atoms with Crippen molar-refractivity contribution in [1.29, 1.82) is 0 Å². The fourth-order valence-electron chi connectivity index (χ4n) is 10.2. The van der Waals surface area contributed by atoms with Gasteiger partial charge in [0, 0.05) is 19.3 Å². The zero-order chi connectivity index (χ0) is 53.6. The summed E-state index contributed by atoms with van der Waals surface area (Å²) in [6.07, 6.45) is 76.2. The van der Waals surface area contributed by atoms with Crippen LogP contribution in [0.5, 0.6) is 0 Å². The number of rotatable bonds is 62. The number of allylic oxidation sites excluding steroid dienone is 4. The summed E-state index contributed by atoms with van der Waals surface area (Å²) in [5, 5.41) is 0. The molecule has 0 aromatic heterocycles. The van der Waals surface area contributed by atoms with Crippen molar-refractivity contribution < 1.29 is 28.6 Å². The van der Waals surface area contributed by atoms with Crippen molar-refractivity contribution in [3.8, 4) is 0 Å². The summed E-state index contributed by atoms with van der Waals surface area (Å²) in [6.45, 7) is 6.69. The van der Waals surface area contributed by atoms with Gasteiger partial charge in [0.25, 0.3) is 0 Å². The number of ether oxygens (including phenoxy) is 3. The van der Waals surface area contributed by atoms with Crippen LogP contribution in [0.25, 0.3) is 0 Å². The Morgan fingerprint density at radius 3 is 0.743 bits per heavy atom. The molecule has 0 saturated carbocycles. The third-order valence-corrected chi connectivity index (χ3v) is 15.2. The van der Waals surface area contributed by atoms with E-state index < -0.39 is 6.10 Å². The Kier molecular flexibility index (Phi) is 61.6. The lowest BCUT2D eigenvalue weighted by molar-refractivity contribution is -0.167. The first-order valence-corrected chi connectivity index (χ1v) is 33.3. The van der Waals surface area contributed by atoms with Crippen LogP contribution in [0.1, 0.15) is 374 Å². The first kappa shape index (κ1) is 71.9. The third kappa shape index (κ3) is 60.8. The molecular formula is C68H128O6. The van der Waals surface area contributed by atoms with Gasteiger partial charge in [0.2, 0.25) is 0 Å². The number of carbonyl (C=O) groups excluding carboxylic acids is 3. The molecule has 1 unspecified atom stereocenters. The largest absolute Gasteiger partial charge is 0.462 e. The average Bonchev–Trinajstić information content (AvgIpc) is 3.40. The van der Waals surface area contributed by atoms with Gasteiger partial charge in [-0.3, -0.25) is 14.4 Å². The lowest BCUT2D eigenvalue weighted by Crippen LogP contribution is -2.30. The van der Waals surface area contributed by atoms with E-state index in [4.69, 9.17) is 14.2 Å². The Hall–Kier alpha value is -2.11. The molecule has 0 aliphatic carbocycles. The third-order valence-electron chi connectivity index (χ3n) is 15.2. The van der Waals surface area contributed by atoms with E-state index in [1.807, 2.05) is 0 Å². The monoisotopic (exact) mass is 1040 g/mol. The van der Waals surface area contributed by atoms with Gasteiger partial charge in [-0.25, -0.2) is 0 Å². The maximum atomic E-state index is 12.9. The fraction of sp³-hybridized carbons (Fsp3) is 0.897. The van der Waals surface area contributed by atoms with Crippen molar-refractivity contribution in [3.05, 3.63) is 24.3 Å². The Bertz CT molecular complexity index is 1190. The molecule has 0 amide bonds. The number of carbonyl (C=O) groups is 3. The van der Waals surface area contributed by atoms with Crippen LogP contribution in [0.4, 0.5) is 0 Å². The molecule has 74 heavy (non-hydrogen) atoms. The van der Waals surface area contributed by atoms with Gasteiger partial charge in [-0.2, -0.15) is 0 Å². The van der Waals surface area contributed by atoms with Crippen molar-refractivity contribution >= 4 is 17.9 Å². The second-order valence-corrected chi connectivity index (χ2v) is 22.7. The van der Waals surface area contributed by atoms with Gasteiger partial charge in [0.15, 0.2) is 6.10 Å². The van der Waals surface area contributed by atoms with Gasteiger partial charge in [-0.05, 0) is 51.4 Å². The van der Waals surface area contributed by atoms with E-state index in [0.29, 0.717) is 19.3 Å². The summed E-state index contributed by atoms with van der Waals surface area (Å²) < 4.78 is 16.9. The maximum absolute atomic E-state index is 12.9. The fourth-order valence-corrected chi connectivity index (χ4v) is 10.2. The van der Waals surface area contributed by atoms with Crippen LogP contribution in [0.2, 0.25) is 0 Å². The standard InChI is InChI=1S/C68H128O6/c1-4-7-10-13-16-19-22-24-26-28-30-32-33-34-35-36-38-39-41-43-46-49-52-55-58-61-67(70)73-64-65(63-72-66(69)60-57-54-51-48-45-21-18-15-12-9-6-3)74-68(71)62-59-56-53-50-47-44-42-40-37-31-29-27-25-23-20-17-14-11-8-5-2/h22,24,28,30,65H,4-21,23,25-27,29,31-64H2,1-3H3/b24-22-,30-28-. The number of esters is 3. The normalized spacial score (nSPS) is 12.1. The van der Waals surface area contributed by atoms with Gasteiger partial charge < -0.3 is 14.2 Å². The highest BCUT2D eigenvalue weighted by Gasteiger charge is 2.19. The number of hydrogen-bond acceptors (Lipinski definition) is 6. The second kappa shape index (κ2) is 63.4. The molecule has 0 saturated heterocycles. The lowest BCUT2D eigenvalue weighted by Gasteiger charge is -2.18. The summed E-state index contributed by atoms with van der Waals surface area (Å²) in [6, 6.07) is 0. The molecule has 6 nitrogen and oxygen atoms in total. The molecule has 0 spiro atoms. The summed E-state index contributed by atoms with van der Waals surface area (Å²) in [5.41, 5.74) is 0. The maximum Gasteiger partial charge on any atom is 0.306 e. The second-order valence-electron chi connectivity index (χ2n) is 22.7. The average molecular weight is 1040 g/mol. The van der Waals surface area contributed by atoms with E-state index in [1.54, 1.807) is 0 Å². The molecule has 436 valence electrons. The van der Waals surface area contributed by atoms with Crippen molar-refractivity contribution in [2.45, 2.75) is 380 Å². The Labute approximate surface area is 462 Å². The highest BCUT2D eigenvalue weighted by atomic mass is 16.6. The minimum atomic E-state index is -0.766. The number of hydrogen-bond donors (Lipinski definition) is 0. The molecular weight excluding hydrogens is 913 g/mol. The Balaban J connectivity index is 4.19. The quantitative estimate of drug-likeness (QED) is 0.0261. The zero-order valence-corrected chi connectivity index (χ0v) is 50.1. The minimum absolute atomic E-state index is 0.0647. The first-order chi connectivity index (χ1) is 36.5. The van der Waals surface area contributed by atoms with E-state index >= 15 is 0 Å². The van der Waals surface area contributed by atoms with Gasteiger partial charge >= 0.3 is 17.9 Å². The first-order valence-electron chi connectivity index (χ1n) is 33.3. The van der Waals surface area contributed by atoms with E-state index in [1.165, 1.54) is 270 Å². The Morgan fingerprint density at radius 1 is 0.270 bits per heavy atom. The van der Waals surface area contributed by atoms with Crippen molar-refractivity contribution in [1.82, 2.24) is 0 Å². The summed E-state index contributed by atoms with van der Waals surface area (Å²) >= 11 is 0. The van der Waals surface area contributed by atoms with Gasteiger partial charge in [0.1, 0.15) is 13.2 Å². The van der Waals surface area contributed by atoms with Gasteiger partial charge in [-0.15, -0.1) is 0 Å². The molecule has 0 aliphatic rings. The molecule has 0 aromatic rings. The van der Waals surface area contributed by atoms with Crippen molar-refractivity contribution in [3.63, 3.8) is 0 Å². The molecule has 0 rings (SSSR count). The van der Waals surface area contributed by atoms with Crippen LogP contribution in [-0.4, -0.2) is 37.2 Å². The molecule has 0 aliphatic heterocycles. The van der Waals surface area contributed by atoms with E-state index in [0.717, 1.165) is 64.2 Å². The summed E-state index contributed by atoms with van der Waals surface area (Å²) in [7, 11) is 0. The molecule has 0 fully saturated rings. The zero-order valence-electron chi connectivity index (χ0n) is 50.1. The molecule has 0 heterocycles. The van der Waals surface area contributed by atoms with Crippen LogP contribution in [0.3, 0.4) is 0 Å². The molecule has 1 atom stereocenters. The molecule has 6 heteroatoms. The van der Waals surface area contributed by atoms with Crippen molar-refractivity contribution in [2.24, 2.45) is 0 Å². The molecule has 0 bridgehead atoms. The van der Waals surface area contributed by atoms with Gasteiger partial charge in [-0.1, -0.05) is 328 Å². The predicted molar refractivity (Wildman–Crippen MR) is 321 cm³/mol. The summed E-state index contributed by atoms with van der Waals surface area (Å²) in [5.74, 6) is -0.837.